The zero-order chi connectivity index (χ0) is 13.9. The Kier molecular flexibility index (Phi) is 4.59. The summed E-state index contributed by atoms with van der Waals surface area (Å²) in [7, 11) is 0. The van der Waals surface area contributed by atoms with Crippen molar-refractivity contribution in [2.24, 2.45) is 5.92 Å². The van der Waals surface area contributed by atoms with Crippen molar-refractivity contribution < 1.29 is 14.7 Å². The second kappa shape index (κ2) is 5.59. The lowest BCUT2D eigenvalue weighted by Crippen LogP contribution is -2.54. The molecule has 0 radical (unpaired) electrons. The average molecular weight is 256 g/mol. The van der Waals surface area contributed by atoms with Gasteiger partial charge in [0, 0.05) is 11.6 Å². The van der Waals surface area contributed by atoms with Crippen LogP contribution in [-0.2, 0) is 4.79 Å². The van der Waals surface area contributed by atoms with Crippen molar-refractivity contribution in [1.29, 1.82) is 0 Å². The molecule has 1 saturated carbocycles. The van der Waals surface area contributed by atoms with Crippen molar-refractivity contribution >= 4 is 12.0 Å². The Hall–Kier alpha value is -1.26. The van der Waals surface area contributed by atoms with Gasteiger partial charge in [0.05, 0.1) is 0 Å². The van der Waals surface area contributed by atoms with Gasteiger partial charge in [0.25, 0.3) is 0 Å². The van der Waals surface area contributed by atoms with E-state index >= 15 is 0 Å². The molecule has 0 heterocycles. The van der Waals surface area contributed by atoms with E-state index < -0.39 is 5.97 Å². The molecule has 2 N–H and O–H groups in total. The number of hydrogen-bond donors (Lipinski definition) is 2. The number of carboxylic acids is 1. The Morgan fingerprint density at radius 2 is 2.00 bits per heavy atom. The number of nitrogens with one attached hydrogen (secondary N) is 1. The predicted molar refractivity (Wildman–Crippen MR) is 69.4 cm³/mol. The third-order valence-corrected chi connectivity index (χ3v) is 3.72. The molecule has 0 aromatic heterocycles. The third-order valence-electron chi connectivity index (χ3n) is 3.72. The lowest BCUT2D eigenvalue weighted by Gasteiger charge is -2.33. The average Bonchev–Trinajstić information content (AvgIpc) is 3.07. The van der Waals surface area contributed by atoms with Gasteiger partial charge in [-0.1, -0.05) is 6.92 Å². The van der Waals surface area contributed by atoms with Crippen LogP contribution in [0.25, 0.3) is 0 Å². The second-order valence-electron chi connectivity index (χ2n) is 5.71. The quantitative estimate of drug-likeness (QED) is 0.764. The van der Waals surface area contributed by atoms with Gasteiger partial charge in [-0.3, -0.25) is 4.79 Å². The number of carboxylic acid groups (broad SMARTS) is 1. The van der Waals surface area contributed by atoms with E-state index in [1.807, 2.05) is 27.7 Å². The van der Waals surface area contributed by atoms with Crippen LogP contribution in [0, 0.1) is 5.92 Å². The van der Waals surface area contributed by atoms with Crippen LogP contribution < -0.4 is 5.32 Å². The molecule has 0 aromatic rings. The Balaban J connectivity index is 2.66. The number of amides is 2. The standard InChI is InChI=1S/C13H24N2O3/c1-5-9(2)15(8-11(16)17)12(18)14-13(3,4)10-6-7-10/h9-10H,5-8H2,1-4H3,(H,14,18)(H,16,17). The molecule has 0 bridgehead atoms. The minimum Gasteiger partial charge on any atom is -0.480 e. The summed E-state index contributed by atoms with van der Waals surface area (Å²) in [6, 6.07) is -0.347. The summed E-state index contributed by atoms with van der Waals surface area (Å²) < 4.78 is 0. The van der Waals surface area contributed by atoms with E-state index in [2.05, 4.69) is 5.32 Å². The maximum atomic E-state index is 12.2. The summed E-state index contributed by atoms with van der Waals surface area (Å²) in [6.07, 6.45) is 3.01. The van der Waals surface area contributed by atoms with Gasteiger partial charge in [-0.05, 0) is 46.0 Å². The highest BCUT2D eigenvalue weighted by molar-refractivity contribution is 5.80. The number of rotatable bonds is 6. The monoisotopic (exact) mass is 256 g/mol. The number of hydrogen-bond acceptors (Lipinski definition) is 2. The fourth-order valence-electron chi connectivity index (χ4n) is 2.05. The fraction of sp³-hybridized carbons (Fsp3) is 0.846. The second-order valence-corrected chi connectivity index (χ2v) is 5.71. The fourth-order valence-corrected chi connectivity index (χ4v) is 2.05. The lowest BCUT2D eigenvalue weighted by molar-refractivity contribution is -0.138. The molecule has 5 heteroatoms. The summed E-state index contributed by atoms with van der Waals surface area (Å²) >= 11 is 0. The maximum Gasteiger partial charge on any atom is 0.323 e. The Bertz CT molecular complexity index is 324. The van der Waals surface area contributed by atoms with Crippen LogP contribution in [0.4, 0.5) is 4.79 Å². The molecule has 1 fully saturated rings. The van der Waals surface area contributed by atoms with Gasteiger partial charge in [0.1, 0.15) is 6.54 Å². The van der Waals surface area contributed by atoms with Gasteiger partial charge in [0.15, 0.2) is 0 Å². The van der Waals surface area contributed by atoms with Crippen LogP contribution in [0.2, 0.25) is 0 Å². The van der Waals surface area contributed by atoms with Crippen molar-refractivity contribution in [3.05, 3.63) is 0 Å². The minimum absolute atomic E-state index is 0.0731. The van der Waals surface area contributed by atoms with Gasteiger partial charge in [-0.15, -0.1) is 0 Å². The molecule has 1 atom stereocenters. The zero-order valence-electron chi connectivity index (χ0n) is 11.7. The molecule has 0 spiro atoms. The molecule has 1 unspecified atom stereocenters. The van der Waals surface area contributed by atoms with E-state index in [0.717, 1.165) is 19.3 Å². The molecule has 0 aromatic carbocycles. The number of carbonyl (C=O) groups excluding carboxylic acids is 1. The number of urea groups is 1. The third kappa shape index (κ3) is 3.89. The van der Waals surface area contributed by atoms with Gasteiger partial charge in [0.2, 0.25) is 0 Å². The van der Waals surface area contributed by atoms with Crippen molar-refractivity contribution in [2.75, 3.05) is 6.54 Å². The van der Waals surface area contributed by atoms with Crippen molar-refractivity contribution in [3.63, 3.8) is 0 Å². The highest BCUT2D eigenvalue weighted by atomic mass is 16.4. The molecule has 18 heavy (non-hydrogen) atoms. The van der Waals surface area contributed by atoms with Crippen molar-refractivity contribution in [1.82, 2.24) is 10.2 Å². The Morgan fingerprint density at radius 3 is 2.39 bits per heavy atom. The minimum atomic E-state index is -0.977. The van der Waals surface area contributed by atoms with E-state index in [-0.39, 0.29) is 24.2 Å². The van der Waals surface area contributed by atoms with Crippen molar-refractivity contribution in [2.45, 2.75) is 58.5 Å². The van der Waals surface area contributed by atoms with E-state index in [4.69, 9.17) is 5.11 Å². The largest absolute Gasteiger partial charge is 0.480 e. The topological polar surface area (TPSA) is 69.6 Å². The molecule has 104 valence electrons. The highest BCUT2D eigenvalue weighted by Crippen LogP contribution is 2.39. The first kappa shape index (κ1) is 14.8. The van der Waals surface area contributed by atoms with Gasteiger partial charge < -0.3 is 15.3 Å². The van der Waals surface area contributed by atoms with Crippen molar-refractivity contribution in [3.8, 4) is 0 Å². The number of nitrogens with zero attached hydrogens (tertiary/aromatic N) is 1. The predicted octanol–water partition coefficient (Wildman–Crippen LogP) is 2.07. The molecular formula is C13H24N2O3. The SMILES string of the molecule is CCC(C)N(CC(=O)O)C(=O)NC(C)(C)C1CC1. The highest BCUT2D eigenvalue weighted by Gasteiger charge is 2.40. The smallest absolute Gasteiger partial charge is 0.323 e. The van der Waals surface area contributed by atoms with Crippen LogP contribution in [0.5, 0.6) is 0 Å². The van der Waals surface area contributed by atoms with Gasteiger partial charge in [-0.2, -0.15) is 0 Å². The summed E-state index contributed by atoms with van der Waals surface area (Å²) in [6.45, 7) is 7.56. The Labute approximate surface area is 109 Å². The van der Waals surface area contributed by atoms with E-state index in [0.29, 0.717) is 5.92 Å². The molecule has 0 aliphatic heterocycles. The van der Waals surface area contributed by atoms with Gasteiger partial charge >= 0.3 is 12.0 Å². The summed E-state index contributed by atoms with van der Waals surface area (Å²) in [5, 5.41) is 11.8. The van der Waals surface area contributed by atoms with Crippen LogP contribution in [0.3, 0.4) is 0 Å². The summed E-state index contributed by atoms with van der Waals surface area (Å²) in [5.41, 5.74) is -0.249. The Morgan fingerprint density at radius 1 is 1.44 bits per heavy atom. The lowest BCUT2D eigenvalue weighted by atomic mass is 9.99. The molecule has 1 aliphatic rings. The van der Waals surface area contributed by atoms with E-state index in [9.17, 15) is 9.59 Å². The van der Waals surface area contributed by atoms with E-state index in [1.54, 1.807) is 0 Å². The molecule has 1 rings (SSSR count). The summed E-state index contributed by atoms with van der Waals surface area (Å²) in [5.74, 6) is -0.459. The van der Waals surface area contributed by atoms with Crippen LogP contribution >= 0.6 is 0 Å². The van der Waals surface area contributed by atoms with Crippen LogP contribution in [0.15, 0.2) is 0 Å². The molecule has 5 nitrogen and oxygen atoms in total. The van der Waals surface area contributed by atoms with E-state index in [1.165, 1.54) is 4.90 Å². The normalized spacial score (nSPS) is 17.1. The molecule has 1 aliphatic carbocycles. The first-order valence-electron chi connectivity index (χ1n) is 6.58. The van der Waals surface area contributed by atoms with Crippen LogP contribution in [-0.4, -0.2) is 40.1 Å². The van der Waals surface area contributed by atoms with Gasteiger partial charge in [-0.25, -0.2) is 4.79 Å². The van der Waals surface area contributed by atoms with Crippen LogP contribution in [0.1, 0.15) is 47.0 Å². The molecule has 2 amide bonds. The maximum absolute atomic E-state index is 12.2. The molecular weight excluding hydrogens is 232 g/mol. The zero-order valence-corrected chi connectivity index (χ0v) is 11.7. The number of carbonyl (C=O) groups is 2. The summed E-state index contributed by atoms with van der Waals surface area (Å²) in [4.78, 5) is 24.4. The first-order chi connectivity index (χ1) is 8.27. The number of aliphatic carboxylic acids is 1. The molecule has 0 saturated heterocycles. The first-order valence-corrected chi connectivity index (χ1v) is 6.58.